The minimum absolute atomic E-state index is 0.113. The minimum Gasteiger partial charge on any atom is -0.478 e. The number of hydrogen-bond donors (Lipinski definition) is 1. The zero-order chi connectivity index (χ0) is 24.5. The van der Waals surface area contributed by atoms with Gasteiger partial charge in [0.1, 0.15) is 5.56 Å². The lowest BCUT2D eigenvalue weighted by molar-refractivity contribution is -0.137. The molecule has 35 heavy (non-hydrogen) atoms. The second kappa shape index (κ2) is 10.2. The molecule has 1 saturated heterocycles. The zero-order valence-electron chi connectivity index (χ0n) is 21.2. The van der Waals surface area contributed by atoms with Crippen LogP contribution >= 0.6 is 0 Å². The number of carboxylic acid groups (broad SMARTS) is 1. The van der Waals surface area contributed by atoms with Gasteiger partial charge < -0.3 is 10.0 Å². The SMILES string of the molecule is CC(C)CCC1CCCN1C(=O)C1CCCC(c2cccc(-n3ncc(C(=O)O)c3C3CC3)c2)C1. The van der Waals surface area contributed by atoms with Gasteiger partial charge in [-0.25, -0.2) is 9.48 Å². The van der Waals surface area contributed by atoms with Crippen LogP contribution in [0.1, 0.15) is 112 Å². The number of rotatable bonds is 8. The highest BCUT2D eigenvalue weighted by Gasteiger charge is 2.36. The van der Waals surface area contributed by atoms with Crippen LogP contribution in [0.4, 0.5) is 0 Å². The van der Waals surface area contributed by atoms with E-state index in [1.54, 1.807) is 0 Å². The Bertz CT molecular complexity index is 1070. The van der Waals surface area contributed by atoms with E-state index < -0.39 is 5.97 Å². The number of carbonyl (C=O) groups is 2. The van der Waals surface area contributed by atoms with Crippen LogP contribution in [0.25, 0.3) is 5.69 Å². The number of carboxylic acids is 1. The third-order valence-corrected chi connectivity index (χ3v) is 8.35. The van der Waals surface area contributed by atoms with Crippen LogP contribution in [0.15, 0.2) is 30.5 Å². The smallest absolute Gasteiger partial charge is 0.339 e. The van der Waals surface area contributed by atoms with Gasteiger partial charge in [-0.15, -0.1) is 0 Å². The van der Waals surface area contributed by atoms with Crippen molar-refractivity contribution in [1.82, 2.24) is 14.7 Å². The van der Waals surface area contributed by atoms with Crippen molar-refractivity contribution in [1.29, 1.82) is 0 Å². The van der Waals surface area contributed by atoms with E-state index in [1.165, 1.54) is 18.2 Å². The Labute approximate surface area is 208 Å². The molecule has 1 amide bonds. The van der Waals surface area contributed by atoms with Crippen LogP contribution in [0, 0.1) is 11.8 Å². The van der Waals surface area contributed by atoms with Gasteiger partial charge in [-0.05, 0) is 87.3 Å². The second-order valence-corrected chi connectivity index (χ2v) is 11.4. The molecular formula is C29H39N3O3. The van der Waals surface area contributed by atoms with E-state index in [2.05, 4.69) is 42.0 Å². The second-order valence-electron chi connectivity index (χ2n) is 11.4. The Kier molecular flexibility index (Phi) is 6.99. The lowest BCUT2D eigenvalue weighted by Gasteiger charge is -2.34. The molecule has 5 rings (SSSR count). The molecule has 3 aliphatic rings. The van der Waals surface area contributed by atoms with E-state index in [4.69, 9.17) is 0 Å². The molecule has 3 fully saturated rings. The average Bonchev–Trinajstić information content (AvgIpc) is 3.41. The Hall–Kier alpha value is -2.63. The first-order chi connectivity index (χ1) is 16.9. The number of likely N-dealkylation sites (tertiary alicyclic amines) is 1. The predicted molar refractivity (Wildman–Crippen MR) is 136 cm³/mol. The molecule has 1 N–H and O–H groups in total. The summed E-state index contributed by atoms with van der Waals surface area (Å²) in [7, 11) is 0. The molecule has 1 aromatic carbocycles. The van der Waals surface area contributed by atoms with Crippen molar-refractivity contribution in [2.75, 3.05) is 6.54 Å². The minimum atomic E-state index is -0.906. The maximum absolute atomic E-state index is 13.6. The molecule has 2 aliphatic carbocycles. The van der Waals surface area contributed by atoms with Crippen LogP contribution in [-0.4, -0.2) is 44.3 Å². The monoisotopic (exact) mass is 477 g/mol. The summed E-state index contributed by atoms with van der Waals surface area (Å²) in [4.78, 5) is 27.5. The summed E-state index contributed by atoms with van der Waals surface area (Å²) in [6.07, 6.45) is 12.2. The molecular weight excluding hydrogens is 438 g/mol. The van der Waals surface area contributed by atoms with Crippen molar-refractivity contribution in [3.8, 4) is 5.69 Å². The normalized spacial score (nSPS) is 24.8. The molecule has 1 aliphatic heterocycles. The van der Waals surface area contributed by atoms with Gasteiger partial charge in [0.2, 0.25) is 5.91 Å². The van der Waals surface area contributed by atoms with Gasteiger partial charge in [0, 0.05) is 24.4 Å². The number of amides is 1. The third kappa shape index (κ3) is 5.17. The van der Waals surface area contributed by atoms with Gasteiger partial charge in [-0.3, -0.25) is 4.79 Å². The molecule has 6 nitrogen and oxygen atoms in total. The van der Waals surface area contributed by atoms with E-state index in [0.29, 0.717) is 29.3 Å². The fraction of sp³-hybridized carbons (Fsp3) is 0.621. The molecule has 6 heteroatoms. The molecule has 2 heterocycles. The molecule has 1 aromatic heterocycles. The molecule has 2 aromatic rings. The summed E-state index contributed by atoms with van der Waals surface area (Å²) < 4.78 is 1.83. The van der Waals surface area contributed by atoms with Crippen LogP contribution in [0.3, 0.4) is 0 Å². The molecule has 0 spiro atoms. The van der Waals surface area contributed by atoms with E-state index in [-0.39, 0.29) is 11.8 Å². The fourth-order valence-corrected chi connectivity index (χ4v) is 6.29. The summed E-state index contributed by atoms with van der Waals surface area (Å²) in [6, 6.07) is 8.84. The van der Waals surface area contributed by atoms with E-state index in [0.717, 1.165) is 75.7 Å². The number of nitrogens with zero attached hydrogens (tertiary/aromatic N) is 3. The number of benzene rings is 1. The predicted octanol–water partition coefficient (Wildman–Crippen LogP) is 6.15. The topological polar surface area (TPSA) is 75.4 Å². The highest BCUT2D eigenvalue weighted by Crippen LogP contribution is 2.43. The summed E-state index contributed by atoms with van der Waals surface area (Å²) in [5.74, 6) is 0.909. The van der Waals surface area contributed by atoms with Crippen LogP contribution in [0.5, 0.6) is 0 Å². The largest absolute Gasteiger partial charge is 0.478 e. The van der Waals surface area contributed by atoms with Gasteiger partial charge in [-0.2, -0.15) is 5.10 Å². The number of aromatic nitrogens is 2. The lowest BCUT2D eigenvalue weighted by Crippen LogP contribution is -2.41. The summed E-state index contributed by atoms with van der Waals surface area (Å²) >= 11 is 0. The molecule has 0 radical (unpaired) electrons. The van der Waals surface area contributed by atoms with Crippen LogP contribution < -0.4 is 0 Å². The van der Waals surface area contributed by atoms with Crippen molar-refractivity contribution in [2.45, 2.75) is 95.9 Å². The van der Waals surface area contributed by atoms with E-state index >= 15 is 0 Å². The first-order valence-electron chi connectivity index (χ1n) is 13.6. The summed E-state index contributed by atoms with van der Waals surface area (Å²) in [5.41, 5.74) is 3.32. The maximum atomic E-state index is 13.6. The van der Waals surface area contributed by atoms with E-state index in [1.807, 2.05) is 10.7 Å². The summed E-state index contributed by atoms with van der Waals surface area (Å²) in [5, 5.41) is 14.1. The van der Waals surface area contributed by atoms with Crippen molar-refractivity contribution < 1.29 is 14.7 Å². The molecule has 0 bridgehead atoms. The Balaban J connectivity index is 1.32. The zero-order valence-corrected chi connectivity index (χ0v) is 21.2. The van der Waals surface area contributed by atoms with Crippen molar-refractivity contribution in [3.05, 3.63) is 47.3 Å². The van der Waals surface area contributed by atoms with Gasteiger partial charge in [0.25, 0.3) is 0 Å². The molecule has 188 valence electrons. The van der Waals surface area contributed by atoms with Gasteiger partial charge >= 0.3 is 5.97 Å². The van der Waals surface area contributed by atoms with Crippen LogP contribution in [0.2, 0.25) is 0 Å². The molecule has 2 saturated carbocycles. The van der Waals surface area contributed by atoms with Crippen molar-refractivity contribution >= 4 is 11.9 Å². The number of aromatic carboxylic acids is 1. The first kappa shape index (κ1) is 24.1. The quantitative estimate of drug-likeness (QED) is 0.495. The standard InChI is InChI=1S/C29H39N3O3/c1-19(2)11-14-24-10-5-15-31(24)28(33)23-8-3-6-21(16-23)22-7-4-9-25(17-22)32-27(20-12-13-20)26(18-30-32)29(34)35/h4,7,9,17-21,23-24H,3,5-6,8,10-16H2,1-2H3,(H,34,35). The maximum Gasteiger partial charge on any atom is 0.339 e. The Morgan fingerprint density at radius 3 is 2.66 bits per heavy atom. The number of hydrogen-bond acceptors (Lipinski definition) is 3. The molecule has 3 unspecified atom stereocenters. The average molecular weight is 478 g/mol. The fourth-order valence-electron chi connectivity index (χ4n) is 6.29. The Morgan fingerprint density at radius 1 is 1.09 bits per heavy atom. The third-order valence-electron chi connectivity index (χ3n) is 8.35. The van der Waals surface area contributed by atoms with Crippen molar-refractivity contribution in [3.63, 3.8) is 0 Å². The van der Waals surface area contributed by atoms with Crippen molar-refractivity contribution in [2.24, 2.45) is 11.8 Å². The highest BCUT2D eigenvalue weighted by atomic mass is 16.4. The van der Waals surface area contributed by atoms with E-state index in [9.17, 15) is 14.7 Å². The van der Waals surface area contributed by atoms with Gasteiger partial charge in [-0.1, -0.05) is 32.4 Å². The Morgan fingerprint density at radius 2 is 1.91 bits per heavy atom. The van der Waals surface area contributed by atoms with Crippen LogP contribution in [-0.2, 0) is 4.79 Å². The van der Waals surface area contributed by atoms with Gasteiger partial charge in [0.05, 0.1) is 17.6 Å². The van der Waals surface area contributed by atoms with Gasteiger partial charge in [0.15, 0.2) is 0 Å². The molecule has 3 atom stereocenters. The lowest BCUT2D eigenvalue weighted by atomic mass is 9.77. The summed E-state index contributed by atoms with van der Waals surface area (Å²) in [6.45, 7) is 5.45. The first-order valence-corrected chi connectivity index (χ1v) is 13.6. The number of carbonyl (C=O) groups excluding carboxylic acids is 1. The highest BCUT2D eigenvalue weighted by molar-refractivity contribution is 5.89.